The molecule has 1 aromatic carbocycles. The van der Waals surface area contributed by atoms with E-state index in [4.69, 9.17) is 11.6 Å². The molecule has 0 atom stereocenters. The van der Waals surface area contributed by atoms with Crippen LogP contribution in [0.25, 0.3) is 16.9 Å². The zero-order valence-corrected chi connectivity index (χ0v) is 22.5. The third-order valence-corrected chi connectivity index (χ3v) is 8.45. The monoisotopic (exact) mass is 595 g/mol. The second-order valence-corrected chi connectivity index (χ2v) is 11.5. The molecule has 4 aromatic rings. The van der Waals surface area contributed by atoms with Gasteiger partial charge in [0.05, 0.1) is 5.02 Å². The average molecular weight is 596 g/mol. The Balaban J connectivity index is 1.61. The molecule has 0 radical (unpaired) electrons. The number of sulfonamides is 1. The van der Waals surface area contributed by atoms with E-state index >= 15 is 0 Å². The van der Waals surface area contributed by atoms with Crippen LogP contribution in [0.15, 0.2) is 53.8 Å². The number of anilines is 2. The molecule has 1 N–H and O–H groups in total. The van der Waals surface area contributed by atoms with Crippen LogP contribution < -0.4 is 5.32 Å². The van der Waals surface area contributed by atoms with Crippen molar-refractivity contribution in [2.45, 2.75) is 37.3 Å². The first kappa shape index (κ1) is 27.9. The lowest BCUT2D eigenvalue weighted by Gasteiger charge is -2.25. The Morgan fingerprint density at radius 1 is 1.02 bits per heavy atom. The minimum Gasteiger partial charge on any atom is -0.324 e. The molecule has 3 aromatic heterocycles. The zero-order valence-electron chi connectivity index (χ0n) is 21.0. The predicted molar refractivity (Wildman–Crippen MR) is 139 cm³/mol. The standard InChI is InChI=1S/C25H22ClF4N7O2S/c1-15-9-22(25(28,29)30)35-37(15)23-19(14-32-24(34-23)33-17-5-6-21(27)20(26)11-17)16-10-18(13-31-12-16)40(38,39)36-7-3-2-4-8-36/h5-6,9-14H,2-4,7-8H2,1H3,(H,32,33,34). The molecule has 0 aliphatic carbocycles. The van der Waals surface area contributed by atoms with Crippen molar-refractivity contribution in [1.82, 2.24) is 29.0 Å². The maximum Gasteiger partial charge on any atom is 0.435 e. The number of piperidine rings is 1. The van der Waals surface area contributed by atoms with Crippen LogP contribution in [0.2, 0.25) is 5.02 Å². The molecule has 0 unspecified atom stereocenters. The number of alkyl halides is 3. The summed E-state index contributed by atoms with van der Waals surface area (Å²) < 4.78 is 82.9. The van der Waals surface area contributed by atoms with Crippen LogP contribution in [0, 0.1) is 12.7 Å². The molecule has 5 rings (SSSR count). The molecule has 1 aliphatic heterocycles. The van der Waals surface area contributed by atoms with E-state index < -0.39 is 27.7 Å². The predicted octanol–water partition coefficient (Wildman–Crippen LogP) is 5.76. The van der Waals surface area contributed by atoms with Crippen molar-refractivity contribution < 1.29 is 26.0 Å². The van der Waals surface area contributed by atoms with Crippen LogP contribution in [0.1, 0.15) is 30.7 Å². The summed E-state index contributed by atoms with van der Waals surface area (Å²) in [6.07, 6.45) is 1.64. The lowest BCUT2D eigenvalue weighted by Crippen LogP contribution is -2.35. The molecule has 0 bridgehead atoms. The molecule has 40 heavy (non-hydrogen) atoms. The lowest BCUT2D eigenvalue weighted by atomic mass is 10.1. The number of aromatic nitrogens is 5. The van der Waals surface area contributed by atoms with Crippen molar-refractivity contribution in [3.63, 3.8) is 0 Å². The number of halogens is 5. The van der Waals surface area contributed by atoms with Crippen molar-refractivity contribution in [1.29, 1.82) is 0 Å². The van der Waals surface area contributed by atoms with Gasteiger partial charge in [-0.05, 0) is 50.1 Å². The molecule has 1 aliphatic rings. The number of nitrogens with zero attached hydrogens (tertiary/aromatic N) is 6. The molecule has 4 heterocycles. The van der Waals surface area contributed by atoms with Crippen LogP contribution in [-0.2, 0) is 16.2 Å². The van der Waals surface area contributed by atoms with E-state index in [2.05, 4.69) is 25.4 Å². The van der Waals surface area contributed by atoms with Crippen molar-refractivity contribution in [3.8, 4) is 16.9 Å². The molecule has 0 amide bonds. The van der Waals surface area contributed by atoms with Crippen molar-refractivity contribution in [2.75, 3.05) is 18.4 Å². The summed E-state index contributed by atoms with van der Waals surface area (Å²) >= 11 is 5.85. The van der Waals surface area contributed by atoms with Gasteiger partial charge in [0, 0.05) is 54.2 Å². The van der Waals surface area contributed by atoms with E-state index in [-0.39, 0.29) is 38.5 Å². The van der Waals surface area contributed by atoms with Crippen molar-refractivity contribution >= 4 is 33.3 Å². The van der Waals surface area contributed by atoms with E-state index in [1.165, 1.54) is 48.0 Å². The average Bonchev–Trinajstić information content (AvgIpc) is 3.33. The van der Waals surface area contributed by atoms with Gasteiger partial charge in [-0.25, -0.2) is 22.5 Å². The summed E-state index contributed by atoms with van der Waals surface area (Å²) in [7, 11) is -3.85. The smallest absolute Gasteiger partial charge is 0.324 e. The minimum absolute atomic E-state index is 0.0464. The van der Waals surface area contributed by atoms with Gasteiger partial charge in [0.2, 0.25) is 16.0 Å². The van der Waals surface area contributed by atoms with E-state index in [0.29, 0.717) is 18.8 Å². The third-order valence-electron chi connectivity index (χ3n) is 6.30. The number of nitrogens with one attached hydrogen (secondary N) is 1. The fourth-order valence-corrected chi connectivity index (χ4v) is 5.98. The Labute approximate surface area is 231 Å². The lowest BCUT2D eigenvalue weighted by molar-refractivity contribution is -0.141. The number of pyridine rings is 1. The normalized spacial score (nSPS) is 14.8. The Morgan fingerprint density at radius 3 is 2.45 bits per heavy atom. The van der Waals surface area contributed by atoms with Gasteiger partial charge in [-0.3, -0.25) is 4.98 Å². The summed E-state index contributed by atoms with van der Waals surface area (Å²) in [6.45, 7) is 2.21. The summed E-state index contributed by atoms with van der Waals surface area (Å²) in [5.74, 6) is -0.745. The fourth-order valence-electron chi connectivity index (χ4n) is 4.29. The number of aryl methyl sites for hydroxylation is 1. The second kappa shape index (κ2) is 10.7. The molecule has 0 saturated carbocycles. The maximum atomic E-state index is 13.6. The minimum atomic E-state index is -4.71. The van der Waals surface area contributed by atoms with Crippen LogP contribution in [-0.4, -0.2) is 50.5 Å². The third kappa shape index (κ3) is 5.64. The van der Waals surface area contributed by atoms with Gasteiger partial charge >= 0.3 is 6.18 Å². The van der Waals surface area contributed by atoms with Crippen LogP contribution in [0.4, 0.5) is 29.2 Å². The first-order chi connectivity index (χ1) is 18.9. The molecular formula is C25H22ClF4N7O2S. The molecular weight excluding hydrogens is 574 g/mol. The Hall–Kier alpha value is -3.62. The maximum absolute atomic E-state index is 13.6. The number of rotatable bonds is 6. The van der Waals surface area contributed by atoms with Gasteiger partial charge in [-0.1, -0.05) is 18.0 Å². The largest absolute Gasteiger partial charge is 0.435 e. The highest BCUT2D eigenvalue weighted by Gasteiger charge is 2.35. The SMILES string of the molecule is Cc1cc(C(F)(F)F)nn1-c1nc(Nc2ccc(F)c(Cl)c2)ncc1-c1cncc(S(=O)(=O)N2CCCCC2)c1. The zero-order chi connectivity index (χ0) is 28.7. The van der Waals surface area contributed by atoms with E-state index in [1.54, 1.807) is 0 Å². The number of benzene rings is 1. The van der Waals surface area contributed by atoms with Crippen LogP contribution >= 0.6 is 11.6 Å². The molecule has 1 fully saturated rings. The van der Waals surface area contributed by atoms with Gasteiger partial charge in [-0.15, -0.1) is 0 Å². The second-order valence-electron chi connectivity index (χ2n) is 9.14. The highest BCUT2D eigenvalue weighted by atomic mass is 35.5. The molecule has 1 saturated heterocycles. The molecule has 0 spiro atoms. The summed E-state index contributed by atoms with van der Waals surface area (Å²) in [5.41, 5.74) is -0.240. The highest BCUT2D eigenvalue weighted by molar-refractivity contribution is 7.89. The van der Waals surface area contributed by atoms with Gasteiger partial charge in [0.1, 0.15) is 10.7 Å². The van der Waals surface area contributed by atoms with Gasteiger partial charge in [0.15, 0.2) is 11.5 Å². The van der Waals surface area contributed by atoms with E-state index in [0.717, 1.165) is 36.1 Å². The van der Waals surface area contributed by atoms with Gasteiger partial charge in [-0.2, -0.15) is 27.6 Å². The summed E-state index contributed by atoms with van der Waals surface area (Å²) in [4.78, 5) is 12.7. The first-order valence-electron chi connectivity index (χ1n) is 12.1. The molecule has 15 heteroatoms. The highest BCUT2D eigenvalue weighted by Crippen LogP contribution is 2.33. The molecule has 9 nitrogen and oxygen atoms in total. The Bertz CT molecular complexity index is 1670. The first-order valence-corrected chi connectivity index (χ1v) is 13.9. The van der Waals surface area contributed by atoms with Gasteiger partial charge in [0.25, 0.3) is 0 Å². The van der Waals surface area contributed by atoms with Gasteiger partial charge < -0.3 is 5.32 Å². The van der Waals surface area contributed by atoms with E-state index in [9.17, 15) is 26.0 Å². The Morgan fingerprint density at radius 2 is 1.77 bits per heavy atom. The molecule has 210 valence electrons. The van der Waals surface area contributed by atoms with E-state index in [1.807, 2.05) is 0 Å². The number of hydrogen-bond donors (Lipinski definition) is 1. The summed E-state index contributed by atoms with van der Waals surface area (Å²) in [6, 6.07) is 6.07. The van der Waals surface area contributed by atoms with Crippen LogP contribution in [0.5, 0.6) is 0 Å². The van der Waals surface area contributed by atoms with Crippen molar-refractivity contribution in [3.05, 3.63) is 71.2 Å². The fraction of sp³-hybridized carbons (Fsp3) is 0.280. The number of hydrogen-bond acceptors (Lipinski definition) is 7. The summed E-state index contributed by atoms with van der Waals surface area (Å²) in [5, 5.41) is 6.40. The Kier molecular flexibility index (Phi) is 7.50. The van der Waals surface area contributed by atoms with Crippen LogP contribution in [0.3, 0.4) is 0 Å². The van der Waals surface area contributed by atoms with Crippen molar-refractivity contribution in [2.24, 2.45) is 0 Å². The topological polar surface area (TPSA) is 106 Å². The quantitative estimate of drug-likeness (QED) is 0.282.